The number of hydrogen-bond acceptors (Lipinski definition) is 7. The number of ether oxygens (including phenoxy) is 3. The number of aliphatic carboxylic acids is 1. The van der Waals surface area contributed by atoms with Crippen LogP contribution >= 0.6 is 0 Å². The number of fused-ring (bicyclic) bond motifs is 1. The second kappa shape index (κ2) is 13.0. The summed E-state index contributed by atoms with van der Waals surface area (Å²) in [5, 5.41) is 10.5. The van der Waals surface area contributed by atoms with Gasteiger partial charge in [0.25, 0.3) is 0 Å². The highest BCUT2D eigenvalue weighted by Gasteiger charge is 2.47. The molecule has 39 heavy (non-hydrogen) atoms. The van der Waals surface area contributed by atoms with Gasteiger partial charge in [0, 0.05) is 38.1 Å². The summed E-state index contributed by atoms with van der Waals surface area (Å²) < 4.78 is 44.3. The second-order valence-electron chi connectivity index (χ2n) is 10.2. The van der Waals surface area contributed by atoms with Crippen LogP contribution < -0.4 is 14.2 Å². The number of nitrogens with zero attached hydrogens (tertiary/aromatic N) is 2. The van der Waals surface area contributed by atoms with E-state index in [9.17, 15) is 18.3 Å². The van der Waals surface area contributed by atoms with Crippen LogP contribution in [0.5, 0.6) is 17.2 Å². The molecule has 0 spiro atoms. The topological polar surface area (TPSA) is 106 Å². The summed E-state index contributed by atoms with van der Waals surface area (Å²) in [4.78, 5) is 14.9. The van der Waals surface area contributed by atoms with Gasteiger partial charge in [-0.15, -0.1) is 0 Å². The summed E-state index contributed by atoms with van der Waals surface area (Å²) in [6.07, 6.45) is 3.19. The Morgan fingerprint density at radius 2 is 1.74 bits per heavy atom. The molecule has 2 heterocycles. The number of unbranched alkanes of at least 4 members (excludes halogenated alkanes) is 2. The summed E-state index contributed by atoms with van der Waals surface area (Å²) in [5.74, 6) is 0.150. The van der Waals surface area contributed by atoms with Gasteiger partial charge in [0.2, 0.25) is 16.8 Å². The van der Waals surface area contributed by atoms with Gasteiger partial charge >= 0.3 is 5.97 Å². The minimum absolute atomic E-state index is 0.139. The summed E-state index contributed by atoms with van der Waals surface area (Å²) in [7, 11) is -1.81. The number of sulfonamides is 1. The van der Waals surface area contributed by atoms with Crippen LogP contribution in [0.3, 0.4) is 0 Å². The Bertz CT molecular complexity index is 1220. The van der Waals surface area contributed by atoms with Crippen molar-refractivity contribution in [1.29, 1.82) is 0 Å². The highest BCUT2D eigenvalue weighted by atomic mass is 32.2. The molecule has 1 fully saturated rings. The first kappa shape index (κ1) is 29.2. The van der Waals surface area contributed by atoms with E-state index in [4.69, 9.17) is 14.2 Å². The molecule has 10 heteroatoms. The molecular formula is C29H40N2O7S. The van der Waals surface area contributed by atoms with E-state index in [2.05, 4.69) is 11.8 Å². The number of benzene rings is 2. The van der Waals surface area contributed by atoms with Crippen molar-refractivity contribution in [3.8, 4) is 17.2 Å². The zero-order valence-electron chi connectivity index (χ0n) is 23.0. The lowest BCUT2D eigenvalue weighted by atomic mass is 9.82. The molecule has 0 aliphatic carbocycles. The molecule has 0 saturated carbocycles. The second-order valence-corrected chi connectivity index (χ2v) is 12.3. The predicted octanol–water partition coefficient (Wildman–Crippen LogP) is 4.50. The van der Waals surface area contributed by atoms with E-state index in [1.807, 2.05) is 49.4 Å². The van der Waals surface area contributed by atoms with Gasteiger partial charge in [-0.2, -0.15) is 0 Å². The average molecular weight is 561 g/mol. The molecule has 2 aliphatic rings. The van der Waals surface area contributed by atoms with Gasteiger partial charge in [-0.1, -0.05) is 44.9 Å². The molecule has 1 saturated heterocycles. The van der Waals surface area contributed by atoms with Crippen molar-refractivity contribution < 1.29 is 32.5 Å². The van der Waals surface area contributed by atoms with E-state index >= 15 is 0 Å². The smallest absolute Gasteiger partial charge is 0.309 e. The fraction of sp³-hybridized carbons (Fsp3) is 0.552. The average Bonchev–Trinajstić information content (AvgIpc) is 3.55. The van der Waals surface area contributed by atoms with Crippen molar-refractivity contribution >= 4 is 16.0 Å². The maximum absolute atomic E-state index is 13.2. The Morgan fingerprint density at radius 3 is 2.41 bits per heavy atom. The molecule has 214 valence electrons. The Balaban J connectivity index is 1.64. The Labute approximate surface area is 231 Å². The Hall–Kier alpha value is -2.82. The SMILES string of the molecule is CCCCCS(=O)(=O)N(CCC)CCN1C[C@H](c2ccc3c(c2)OCO3)[C@@H](C(=O)O)[C@@H]1c1ccc(OC)cc1. The third kappa shape index (κ3) is 6.67. The van der Waals surface area contributed by atoms with Crippen molar-refractivity contribution in [1.82, 2.24) is 9.21 Å². The van der Waals surface area contributed by atoms with Gasteiger partial charge in [0.1, 0.15) is 5.75 Å². The van der Waals surface area contributed by atoms with Crippen molar-refractivity contribution in [3.05, 3.63) is 53.6 Å². The highest BCUT2D eigenvalue weighted by molar-refractivity contribution is 7.89. The maximum atomic E-state index is 13.2. The van der Waals surface area contributed by atoms with E-state index in [0.717, 1.165) is 24.0 Å². The van der Waals surface area contributed by atoms with Gasteiger partial charge in [0.15, 0.2) is 11.5 Å². The van der Waals surface area contributed by atoms with Crippen molar-refractivity contribution in [2.45, 2.75) is 51.5 Å². The van der Waals surface area contributed by atoms with E-state index < -0.39 is 28.0 Å². The number of carbonyl (C=O) groups is 1. The highest BCUT2D eigenvalue weighted by Crippen LogP contribution is 2.47. The van der Waals surface area contributed by atoms with Crippen molar-refractivity contribution in [2.24, 2.45) is 5.92 Å². The summed E-state index contributed by atoms with van der Waals surface area (Å²) in [6, 6.07) is 12.6. The van der Waals surface area contributed by atoms with Crippen molar-refractivity contribution in [3.63, 3.8) is 0 Å². The van der Waals surface area contributed by atoms with Gasteiger partial charge in [-0.3, -0.25) is 9.69 Å². The third-order valence-electron chi connectivity index (χ3n) is 7.67. The maximum Gasteiger partial charge on any atom is 0.309 e. The number of carboxylic acids is 1. The fourth-order valence-corrected chi connectivity index (χ4v) is 7.33. The summed E-state index contributed by atoms with van der Waals surface area (Å²) in [5.41, 5.74) is 1.73. The normalized spacial score (nSPS) is 21.0. The van der Waals surface area contributed by atoms with Gasteiger partial charge in [-0.05, 0) is 48.2 Å². The van der Waals surface area contributed by atoms with Gasteiger partial charge < -0.3 is 19.3 Å². The number of rotatable bonds is 14. The molecule has 0 radical (unpaired) electrons. The molecule has 0 amide bonds. The lowest BCUT2D eigenvalue weighted by Crippen LogP contribution is -2.40. The molecule has 1 N–H and O–H groups in total. The van der Waals surface area contributed by atoms with Crippen LogP contribution in [0, 0.1) is 5.92 Å². The lowest BCUT2D eigenvalue weighted by molar-refractivity contribution is -0.143. The lowest BCUT2D eigenvalue weighted by Gasteiger charge is -2.30. The van der Waals surface area contributed by atoms with Crippen LogP contribution in [0.4, 0.5) is 0 Å². The predicted molar refractivity (Wildman–Crippen MR) is 149 cm³/mol. The van der Waals surface area contributed by atoms with Crippen LogP contribution in [0.2, 0.25) is 0 Å². The Kier molecular flexibility index (Phi) is 9.74. The molecule has 0 bridgehead atoms. The van der Waals surface area contributed by atoms with Gasteiger partial charge in [-0.25, -0.2) is 12.7 Å². The Morgan fingerprint density at radius 1 is 1.03 bits per heavy atom. The fourth-order valence-electron chi connectivity index (χ4n) is 5.68. The third-order valence-corrected chi connectivity index (χ3v) is 9.63. The summed E-state index contributed by atoms with van der Waals surface area (Å²) in [6.45, 7) is 5.84. The minimum atomic E-state index is -3.40. The molecular weight excluding hydrogens is 520 g/mol. The number of likely N-dealkylation sites (tertiary alicyclic amines) is 1. The molecule has 2 aromatic carbocycles. The van der Waals surface area contributed by atoms with Crippen LogP contribution in [-0.2, 0) is 14.8 Å². The number of carboxylic acid groups (broad SMARTS) is 1. The van der Waals surface area contributed by atoms with E-state index in [1.54, 1.807) is 11.4 Å². The quantitative estimate of drug-likeness (QED) is 0.337. The van der Waals surface area contributed by atoms with E-state index in [1.165, 1.54) is 0 Å². The molecule has 2 aliphatic heterocycles. The zero-order valence-corrected chi connectivity index (χ0v) is 23.9. The molecule has 2 aromatic rings. The molecule has 4 rings (SSSR count). The van der Waals surface area contributed by atoms with Crippen LogP contribution in [0.1, 0.15) is 62.6 Å². The van der Waals surface area contributed by atoms with Crippen molar-refractivity contribution in [2.75, 3.05) is 45.8 Å². The first-order valence-electron chi connectivity index (χ1n) is 13.8. The first-order valence-corrected chi connectivity index (χ1v) is 15.4. The van der Waals surface area contributed by atoms with Gasteiger partial charge in [0.05, 0.1) is 18.8 Å². The minimum Gasteiger partial charge on any atom is -0.497 e. The first-order chi connectivity index (χ1) is 18.8. The largest absolute Gasteiger partial charge is 0.497 e. The van der Waals surface area contributed by atoms with Crippen LogP contribution in [0.25, 0.3) is 0 Å². The molecule has 3 atom stereocenters. The molecule has 0 unspecified atom stereocenters. The molecule has 0 aromatic heterocycles. The number of hydrogen-bond donors (Lipinski definition) is 1. The molecule has 9 nitrogen and oxygen atoms in total. The standard InChI is InChI=1S/C29H40N2O7S/c1-4-6-7-17-39(34,35)31(14-5-2)16-15-30-19-24(22-10-13-25-26(18-22)38-20-37-25)27(29(32)33)28(30)21-8-11-23(36-3)12-9-21/h8-13,18,24,27-28H,4-7,14-17,19-20H2,1-3H3,(H,32,33)/t24-,27-,28+/m1/s1. The van der Waals surface area contributed by atoms with Crippen LogP contribution in [-0.4, -0.2) is 74.5 Å². The van der Waals surface area contributed by atoms with E-state index in [0.29, 0.717) is 56.3 Å². The van der Waals surface area contributed by atoms with Crippen LogP contribution in [0.15, 0.2) is 42.5 Å². The summed E-state index contributed by atoms with van der Waals surface area (Å²) >= 11 is 0. The zero-order chi connectivity index (χ0) is 28.0. The number of methoxy groups -OCH3 is 1. The van der Waals surface area contributed by atoms with E-state index in [-0.39, 0.29) is 18.5 Å². The monoisotopic (exact) mass is 560 g/mol.